The number of hydrogen-bond donors (Lipinski definition) is 0. The van der Waals surface area contributed by atoms with E-state index in [-0.39, 0.29) is 11.7 Å². The minimum Gasteiger partial charge on any atom is -0.361 e. The zero-order chi connectivity index (χ0) is 24.4. The fraction of sp³-hybridized carbons (Fsp3) is 0.440. The van der Waals surface area contributed by atoms with Gasteiger partial charge in [-0.3, -0.25) is 14.5 Å². The predicted octanol–water partition coefficient (Wildman–Crippen LogP) is 5.25. The van der Waals surface area contributed by atoms with Gasteiger partial charge in [0.1, 0.15) is 12.2 Å². The maximum atomic E-state index is 13.2. The largest absolute Gasteiger partial charge is 0.361 e. The predicted molar refractivity (Wildman–Crippen MR) is 135 cm³/mol. The minimum atomic E-state index is -1.20. The van der Waals surface area contributed by atoms with Gasteiger partial charge in [0, 0.05) is 38.9 Å². The molecular weight excluding hydrogens is 432 g/mol. The highest BCUT2D eigenvalue weighted by atomic mass is 28.3. The minimum absolute atomic E-state index is 0.0307. The quantitative estimate of drug-likeness (QED) is 0.257. The van der Waals surface area contributed by atoms with Crippen LogP contribution < -0.4 is 4.90 Å². The van der Waals surface area contributed by atoms with Crippen molar-refractivity contribution in [2.24, 2.45) is 5.41 Å². The Labute approximate surface area is 196 Å². The van der Waals surface area contributed by atoms with Crippen LogP contribution in [-0.4, -0.2) is 48.0 Å². The van der Waals surface area contributed by atoms with Gasteiger partial charge in [0.25, 0.3) is 5.91 Å². The highest BCUT2D eigenvalue weighted by Gasteiger charge is 2.28. The monoisotopic (exact) mass is 466 g/mol. The molecule has 33 heavy (non-hydrogen) atoms. The molecule has 0 unspecified atom stereocenters. The first-order valence-corrected chi connectivity index (χ1v) is 14.9. The van der Waals surface area contributed by atoms with Gasteiger partial charge in [0.15, 0.2) is 17.2 Å². The molecule has 3 rings (SSSR count). The van der Waals surface area contributed by atoms with Crippen molar-refractivity contribution in [1.29, 1.82) is 0 Å². The summed E-state index contributed by atoms with van der Waals surface area (Å²) < 4.78 is 7.74. The molecule has 0 saturated heterocycles. The van der Waals surface area contributed by atoms with Crippen LogP contribution in [0.4, 0.5) is 5.82 Å². The third kappa shape index (κ3) is 5.94. The smallest absolute Gasteiger partial charge is 0.259 e. The fourth-order valence-corrected chi connectivity index (χ4v) is 4.05. The van der Waals surface area contributed by atoms with Crippen LogP contribution in [0.25, 0.3) is 11.2 Å². The molecule has 0 aliphatic heterocycles. The van der Waals surface area contributed by atoms with Crippen LogP contribution in [0, 0.1) is 5.41 Å². The van der Waals surface area contributed by atoms with Crippen molar-refractivity contribution in [3.05, 3.63) is 53.9 Å². The fourth-order valence-electron chi connectivity index (χ4n) is 3.29. The van der Waals surface area contributed by atoms with Gasteiger partial charge in [-0.25, -0.2) is 9.97 Å². The Morgan fingerprint density at radius 1 is 1.12 bits per heavy atom. The third-order valence-corrected chi connectivity index (χ3v) is 7.08. The standard InChI is InChI=1S/C25H34N4O3Si/c1-25(2,3)22(30)19-16-29(17-32-13-14-33(5,6)7)23-21(19)27-20(15-26-23)28(4)24(31)18-11-9-8-10-12-18/h8-12,15-16H,13-14,17H2,1-7H3. The molecule has 0 bridgehead atoms. The first-order chi connectivity index (χ1) is 15.4. The van der Waals surface area contributed by atoms with E-state index in [0.29, 0.717) is 41.4 Å². The van der Waals surface area contributed by atoms with Crippen molar-refractivity contribution >= 4 is 36.7 Å². The number of carbonyl (C=O) groups is 2. The number of carbonyl (C=O) groups excluding carboxylic acids is 2. The number of ether oxygens (including phenoxy) is 1. The van der Waals surface area contributed by atoms with Crippen LogP contribution in [0.2, 0.25) is 25.7 Å². The zero-order valence-electron chi connectivity index (χ0n) is 20.7. The second-order valence-electron chi connectivity index (χ2n) is 10.6. The first-order valence-electron chi connectivity index (χ1n) is 11.2. The molecule has 0 fully saturated rings. The van der Waals surface area contributed by atoms with Crippen LogP contribution in [0.5, 0.6) is 0 Å². The summed E-state index contributed by atoms with van der Waals surface area (Å²) in [4.78, 5) is 36.8. The van der Waals surface area contributed by atoms with Crippen molar-refractivity contribution in [1.82, 2.24) is 14.5 Å². The second-order valence-corrected chi connectivity index (χ2v) is 16.2. The number of Topliss-reactive ketones (excluding diaryl/α,β-unsaturated/α-hetero) is 1. The molecule has 0 aliphatic carbocycles. The van der Waals surface area contributed by atoms with Crippen molar-refractivity contribution in [3.8, 4) is 0 Å². The Bertz CT molecular complexity index is 1140. The van der Waals surface area contributed by atoms with Crippen LogP contribution >= 0.6 is 0 Å². The molecule has 8 heteroatoms. The molecule has 1 aromatic carbocycles. The number of nitrogens with zero attached hydrogens (tertiary/aromatic N) is 4. The van der Waals surface area contributed by atoms with E-state index in [0.717, 1.165) is 6.04 Å². The van der Waals surface area contributed by atoms with Gasteiger partial charge < -0.3 is 9.30 Å². The third-order valence-electron chi connectivity index (χ3n) is 5.37. The zero-order valence-corrected chi connectivity index (χ0v) is 21.7. The molecule has 3 aromatic rings. The van der Waals surface area contributed by atoms with Gasteiger partial charge in [-0.05, 0) is 18.2 Å². The van der Waals surface area contributed by atoms with E-state index >= 15 is 0 Å². The lowest BCUT2D eigenvalue weighted by atomic mass is 9.87. The van der Waals surface area contributed by atoms with Gasteiger partial charge in [0.2, 0.25) is 0 Å². The van der Waals surface area contributed by atoms with Crippen molar-refractivity contribution < 1.29 is 14.3 Å². The molecule has 0 atom stereocenters. The van der Waals surface area contributed by atoms with Crippen molar-refractivity contribution in [3.63, 3.8) is 0 Å². The normalized spacial score (nSPS) is 12.2. The number of aromatic nitrogens is 3. The lowest BCUT2D eigenvalue weighted by Crippen LogP contribution is -2.27. The first kappa shape index (κ1) is 24.8. The maximum Gasteiger partial charge on any atom is 0.259 e. The summed E-state index contributed by atoms with van der Waals surface area (Å²) in [5, 5.41) is 0. The molecule has 0 spiro atoms. The van der Waals surface area contributed by atoms with E-state index < -0.39 is 13.5 Å². The number of amides is 1. The summed E-state index contributed by atoms with van der Waals surface area (Å²) in [6, 6.07) is 10.1. The lowest BCUT2D eigenvalue weighted by molar-refractivity contribution is 0.0849. The van der Waals surface area contributed by atoms with Crippen LogP contribution in [0.15, 0.2) is 42.7 Å². The van der Waals surface area contributed by atoms with Crippen molar-refractivity contribution in [2.45, 2.75) is 53.2 Å². The molecule has 2 aromatic heterocycles. The number of hydrogen-bond acceptors (Lipinski definition) is 5. The van der Waals surface area contributed by atoms with E-state index in [1.807, 2.05) is 43.5 Å². The molecular formula is C25H34N4O3Si. The Morgan fingerprint density at radius 3 is 2.39 bits per heavy atom. The maximum absolute atomic E-state index is 13.2. The molecule has 0 radical (unpaired) electrons. The van der Waals surface area contributed by atoms with Crippen LogP contribution in [0.1, 0.15) is 41.5 Å². The summed E-state index contributed by atoms with van der Waals surface area (Å²) in [6.45, 7) is 13.5. The average Bonchev–Trinajstić information content (AvgIpc) is 3.12. The van der Waals surface area contributed by atoms with Crippen LogP contribution in [0.3, 0.4) is 0 Å². The Morgan fingerprint density at radius 2 is 1.79 bits per heavy atom. The Kier molecular flexibility index (Phi) is 7.19. The molecule has 2 heterocycles. The van der Waals surface area contributed by atoms with E-state index in [4.69, 9.17) is 9.72 Å². The SMILES string of the molecule is CN(C(=O)c1ccccc1)c1cnc2c(n1)c(C(=O)C(C)(C)C)cn2COCC[Si](C)(C)C. The molecule has 0 aliphatic rings. The number of anilines is 1. The van der Waals surface area contributed by atoms with Gasteiger partial charge in [0.05, 0.1) is 11.8 Å². The lowest BCUT2D eigenvalue weighted by Gasteiger charge is -2.17. The van der Waals surface area contributed by atoms with E-state index in [9.17, 15) is 9.59 Å². The van der Waals surface area contributed by atoms with Gasteiger partial charge in [-0.1, -0.05) is 58.6 Å². The summed E-state index contributed by atoms with van der Waals surface area (Å²) >= 11 is 0. The van der Waals surface area contributed by atoms with E-state index in [1.54, 1.807) is 31.6 Å². The molecule has 0 saturated carbocycles. The molecule has 7 nitrogen and oxygen atoms in total. The molecule has 0 N–H and O–H groups in total. The summed E-state index contributed by atoms with van der Waals surface area (Å²) in [7, 11) is 0.460. The number of rotatable bonds is 8. The molecule has 1 amide bonds. The highest BCUT2D eigenvalue weighted by Crippen LogP contribution is 2.28. The number of benzene rings is 1. The topological polar surface area (TPSA) is 77.3 Å². The van der Waals surface area contributed by atoms with Crippen molar-refractivity contribution in [2.75, 3.05) is 18.6 Å². The summed E-state index contributed by atoms with van der Waals surface area (Å²) in [6.07, 6.45) is 3.34. The van der Waals surface area contributed by atoms with E-state index in [1.165, 1.54) is 4.90 Å². The number of fused-ring (bicyclic) bond motifs is 1. The highest BCUT2D eigenvalue weighted by molar-refractivity contribution is 6.76. The Balaban J connectivity index is 1.96. The Hall–Kier alpha value is -2.84. The van der Waals surface area contributed by atoms with Gasteiger partial charge in [-0.2, -0.15) is 0 Å². The summed E-state index contributed by atoms with van der Waals surface area (Å²) in [5.74, 6) is 0.163. The van der Waals surface area contributed by atoms with Gasteiger partial charge >= 0.3 is 0 Å². The summed E-state index contributed by atoms with van der Waals surface area (Å²) in [5.41, 5.74) is 1.51. The average molecular weight is 467 g/mol. The second kappa shape index (κ2) is 9.57. The van der Waals surface area contributed by atoms with E-state index in [2.05, 4.69) is 24.6 Å². The molecule has 176 valence electrons. The van der Waals surface area contributed by atoms with Crippen LogP contribution in [-0.2, 0) is 11.5 Å². The van der Waals surface area contributed by atoms with Gasteiger partial charge in [-0.15, -0.1) is 0 Å². The number of ketones is 1.